The summed E-state index contributed by atoms with van der Waals surface area (Å²) in [6, 6.07) is 4.21. The zero-order valence-electron chi connectivity index (χ0n) is 12.4. The van der Waals surface area contributed by atoms with Crippen molar-refractivity contribution in [1.29, 1.82) is 0 Å². The van der Waals surface area contributed by atoms with Crippen molar-refractivity contribution in [3.05, 3.63) is 29.8 Å². The van der Waals surface area contributed by atoms with Crippen LogP contribution in [-0.2, 0) is 20.0 Å². The first kappa shape index (κ1) is 17.8. The number of hydrogen-bond acceptors (Lipinski definition) is 3. The van der Waals surface area contributed by atoms with Gasteiger partial charge < -0.3 is 5.11 Å². The lowest BCUT2D eigenvalue weighted by Crippen LogP contribution is -2.39. The van der Waals surface area contributed by atoms with Crippen LogP contribution in [0.5, 0.6) is 0 Å². The Morgan fingerprint density at radius 2 is 1.78 bits per heavy atom. The largest absolute Gasteiger partial charge is 0.501 e. The maximum atomic E-state index is 12.7. The summed E-state index contributed by atoms with van der Waals surface area (Å²) in [6.45, 7) is 1.45. The molecular formula is C15H17F3O4S. The van der Waals surface area contributed by atoms with E-state index < -0.39 is 31.6 Å². The zero-order valence-corrected chi connectivity index (χ0v) is 13.2. The third kappa shape index (κ3) is 2.96. The zero-order chi connectivity index (χ0) is 17.5. The molecular weight excluding hydrogens is 333 g/mol. The highest BCUT2D eigenvalue weighted by Gasteiger charge is 2.48. The minimum absolute atomic E-state index is 0.0854. The van der Waals surface area contributed by atoms with Crippen LogP contribution < -0.4 is 0 Å². The van der Waals surface area contributed by atoms with Crippen LogP contribution in [0.1, 0.15) is 38.2 Å². The number of carbonyl (C=O) groups is 1. The maximum Gasteiger partial charge on any atom is 0.501 e. The van der Waals surface area contributed by atoms with Crippen molar-refractivity contribution in [3.8, 4) is 0 Å². The maximum absolute atomic E-state index is 12.7. The number of carboxylic acids is 1. The van der Waals surface area contributed by atoms with E-state index >= 15 is 0 Å². The number of sulfone groups is 1. The van der Waals surface area contributed by atoms with E-state index in [2.05, 4.69) is 0 Å². The Morgan fingerprint density at radius 1 is 1.22 bits per heavy atom. The molecule has 128 valence electrons. The van der Waals surface area contributed by atoms with Gasteiger partial charge in [0.1, 0.15) is 0 Å². The molecule has 1 aliphatic carbocycles. The second-order valence-corrected chi connectivity index (χ2v) is 7.91. The summed E-state index contributed by atoms with van der Waals surface area (Å²) in [6.07, 6.45) is 3.01. The Morgan fingerprint density at radius 3 is 2.26 bits per heavy atom. The Labute approximate surface area is 132 Å². The molecule has 0 spiro atoms. The highest BCUT2D eigenvalue weighted by molar-refractivity contribution is 7.92. The molecule has 0 aliphatic heterocycles. The van der Waals surface area contributed by atoms with Gasteiger partial charge in [-0.3, -0.25) is 4.79 Å². The minimum atomic E-state index is -5.50. The fraction of sp³-hybridized carbons (Fsp3) is 0.533. The Balaban J connectivity index is 2.56. The van der Waals surface area contributed by atoms with Gasteiger partial charge in [0.05, 0.1) is 10.3 Å². The highest BCUT2D eigenvalue weighted by atomic mass is 32.2. The van der Waals surface area contributed by atoms with Crippen molar-refractivity contribution in [3.63, 3.8) is 0 Å². The van der Waals surface area contributed by atoms with Gasteiger partial charge in [-0.2, -0.15) is 13.2 Å². The molecule has 1 aliphatic rings. The van der Waals surface area contributed by atoms with Crippen molar-refractivity contribution in [2.24, 2.45) is 5.92 Å². The SMILES string of the molecule is CC(C(=O)O)(c1cccc(S(=O)(=O)C(F)(F)F)c1)C1CCCC1. The van der Waals surface area contributed by atoms with Crippen LogP contribution in [0.3, 0.4) is 0 Å². The van der Waals surface area contributed by atoms with Gasteiger partial charge in [-0.25, -0.2) is 8.42 Å². The number of benzene rings is 1. The Bertz CT molecular complexity index is 706. The van der Waals surface area contributed by atoms with E-state index in [1.807, 2.05) is 0 Å². The Hall–Kier alpha value is -1.57. The molecule has 0 radical (unpaired) electrons. The summed E-state index contributed by atoms with van der Waals surface area (Å²) >= 11 is 0. The average Bonchev–Trinajstić information content (AvgIpc) is 2.99. The fourth-order valence-corrected chi connectivity index (χ4v) is 3.96. The predicted molar refractivity (Wildman–Crippen MR) is 76.6 cm³/mol. The average molecular weight is 350 g/mol. The molecule has 0 amide bonds. The number of hydrogen-bond donors (Lipinski definition) is 1. The van der Waals surface area contributed by atoms with Crippen LogP contribution >= 0.6 is 0 Å². The third-order valence-electron chi connectivity index (χ3n) is 4.66. The summed E-state index contributed by atoms with van der Waals surface area (Å²) in [5.41, 5.74) is -6.74. The van der Waals surface area contributed by atoms with Crippen LogP contribution in [-0.4, -0.2) is 25.0 Å². The molecule has 1 fully saturated rings. The van der Waals surface area contributed by atoms with E-state index in [4.69, 9.17) is 0 Å². The van der Waals surface area contributed by atoms with E-state index in [-0.39, 0.29) is 11.5 Å². The molecule has 23 heavy (non-hydrogen) atoms. The molecule has 0 heterocycles. The van der Waals surface area contributed by atoms with Gasteiger partial charge in [0.15, 0.2) is 0 Å². The van der Waals surface area contributed by atoms with Crippen LogP contribution in [0, 0.1) is 5.92 Å². The van der Waals surface area contributed by atoms with E-state index in [0.717, 1.165) is 31.0 Å². The standard InChI is InChI=1S/C15H17F3O4S/c1-14(13(19)20,10-5-2-3-6-10)11-7-4-8-12(9-11)23(21,22)15(16,17)18/h4,7-10H,2-3,5-6H2,1H3,(H,19,20). The van der Waals surface area contributed by atoms with Gasteiger partial charge in [0, 0.05) is 0 Å². The summed E-state index contributed by atoms with van der Waals surface area (Å²) < 4.78 is 61.2. The van der Waals surface area contributed by atoms with Gasteiger partial charge in [-0.15, -0.1) is 0 Å². The molecule has 0 saturated heterocycles. The summed E-state index contributed by atoms with van der Waals surface area (Å²) in [4.78, 5) is 10.9. The fourth-order valence-electron chi connectivity index (χ4n) is 3.16. The summed E-state index contributed by atoms with van der Waals surface area (Å²) in [7, 11) is -5.50. The molecule has 0 bridgehead atoms. The number of alkyl halides is 3. The van der Waals surface area contributed by atoms with Crippen molar-refractivity contribution >= 4 is 15.8 Å². The normalized spacial score (nSPS) is 19.5. The van der Waals surface area contributed by atoms with Crippen molar-refractivity contribution in [1.82, 2.24) is 0 Å². The monoisotopic (exact) mass is 350 g/mol. The quantitative estimate of drug-likeness (QED) is 0.902. The van der Waals surface area contributed by atoms with Crippen molar-refractivity contribution in [2.75, 3.05) is 0 Å². The van der Waals surface area contributed by atoms with E-state index in [1.165, 1.54) is 13.0 Å². The number of carboxylic acid groups (broad SMARTS) is 1. The van der Waals surface area contributed by atoms with Gasteiger partial charge in [-0.05, 0) is 43.4 Å². The molecule has 4 nitrogen and oxygen atoms in total. The molecule has 1 aromatic rings. The molecule has 0 aromatic heterocycles. The topological polar surface area (TPSA) is 71.4 Å². The molecule has 8 heteroatoms. The second-order valence-electron chi connectivity index (χ2n) is 5.97. The molecule has 1 saturated carbocycles. The van der Waals surface area contributed by atoms with E-state index in [0.29, 0.717) is 12.8 Å². The molecule has 1 unspecified atom stereocenters. The van der Waals surface area contributed by atoms with E-state index in [9.17, 15) is 31.5 Å². The second kappa shape index (κ2) is 5.81. The number of aliphatic carboxylic acids is 1. The predicted octanol–water partition coefficient (Wildman–Crippen LogP) is 3.51. The van der Waals surface area contributed by atoms with E-state index in [1.54, 1.807) is 0 Å². The van der Waals surface area contributed by atoms with Gasteiger partial charge >= 0.3 is 11.5 Å². The van der Waals surface area contributed by atoms with Crippen molar-refractivity contribution < 1.29 is 31.5 Å². The lowest BCUT2D eigenvalue weighted by molar-refractivity contribution is -0.145. The first-order chi connectivity index (χ1) is 10.5. The van der Waals surface area contributed by atoms with Gasteiger partial charge in [0.2, 0.25) is 0 Å². The van der Waals surface area contributed by atoms with Crippen LogP contribution in [0.2, 0.25) is 0 Å². The number of rotatable bonds is 4. The lowest BCUT2D eigenvalue weighted by atomic mass is 9.71. The first-order valence-electron chi connectivity index (χ1n) is 7.16. The van der Waals surface area contributed by atoms with Crippen LogP contribution in [0.25, 0.3) is 0 Å². The van der Waals surface area contributed by atoms with Crippen LogP contribution in [0.15, 0.2) is 29.2 Å². The van der Waals surface area contributed by atoms with Gasteiger partial charge in [-0.1, -0.05) is 25.0 Å². The van der Waals surface area contributed by atoms with Gasteiger partial charge in [0.25, 0.3) is 9.84 Å². The highest BCUT2D eigenvalue weighted by Crippen LogP contribution is 2.43. The number of halogens is 3. The third-order valence-corrected chi connectivity index (χ3v) is 6.15. The first-order valence-corrected chi connectivity index (χ1v) is 8.65. The molecule has 1 atom stereocenters. The summed E-state index contributed by atoms with van der Waals surface area (Å²) in [5.74, 6) is -1.39. The smallest absolute Gasteiger partial charge is 0.481 e. The molecule has 1 N–H and O–H groups in total. The minimum Gasteiger partial charge on any atom is -0.481 e. The summed E-state index contributed by atoms with van der Waals surface area (Å²) in [5, 5.41) is 9.63. The lowest BCUT2D eigenvalue weighted by Gasteiger charge is -2.32. The van der Waals surface area contributed by atoms with Crippen LogP contribution in [0.4, 0.5) is 13.2 Å². The molecule has 1 aromatic carbocycles. The molecule has 2 rings (SSSR count). The van der Waals surface area contributed by atoms with Crippen molar-refractivity contribution in [2.45, 2.75) is 48.4 Å². The Kier molecular flexibility index (Phi) is 4.49.